The van der Waals surface area contributed by atoms with Crippen molar-refractivity contribution >= 4 is 0 Å². The van der Waals surface area contributed by atoms with E-state index in [0.29, 0.717) is 6.04 Å². The molecule has 0 spiro atoms. The van der Waals surface area contributed by atoms with Gasteiger partial charge in [0.2, 0.25) is 0 Å². The maximum atomic E-state index is 3.63. The van der Waals surface area contributed by atoms with Crippen LogP contribution in [0.2, 0.25) is 0 Å². The van der Waals surface area contributed by atoms with Crippen LogP contribution in [0.25, 0.3) is 0 Å². The first kappa shape index (κ1) is 6.41. The molecule has 1 N–H and O–H groups in total. The van der Waals surface area contributed by atoms with Gasteiger partial charge in [-0.1, -0.05) is 25.0 Å². The summed E-state index contributed by atoms with van der Waals surface area (Å²) in [6, 6.07) is 1.51. The summed E-state index contributed by atoms with van der Waals surface area (Å²) in [4.78, 5) is 0. The van der Waals surface area contributed by atoms with Crippen molar-refractivity contribution in [2.75, 3.05) is 0 Å². The zero-order chi connectivity index (χ0) is 6.81. The van der Waals surface area contributed by atoms with E-state index in [1.807, 2.05) is 0 Å². The molecule has 1 heteroatoms. The first-order chi connectivity index (χ1) is 4.95. The molecule has 0 aromatic heterocycles. The molecule has 1 fully saturated rings. The number of fused-ring (bicyclic) bond motifs is 2. The van der Waals surface area contributed by atoms with Gasteiger partial charge in [-0.15, -0.1) is 0 Å². The first-order valence-corrected chi connectivity index (χ1v) is 4.38. The van der Waals surface area contributed by atoms with Crippen molar-refractivity contribution in [2.45, 2.75) is 44.2 Å². The van der Waals surface area contributed by atoms with Gasteiger partial charge in [0.1, 0.15) is 0 Å². The van der Waals surface area contributed by atoms with Crippen LogP contribution >= 0.6 is 0 Å². The quantitative estimate of drug-likeness (QED) is 0.502. The third-order valence-electron chi connectivity index (χ3n) is 2.56. The van der Waals surface area contributed by atoms with Gasteiger partial charge in [0.05, 0.1) is 0 Å². The van der Waals surface area contributed by atoms with Crippen molar-refractivity contribution in [3.8, 4) is 0 Å². The third kappa shape index (κ3) is 1.24. The summed E-state index contributed by atoms with van der Waals surface area (Å²) in [5.74, 6) is 0. The average molecular weight is 137 g/mol. The van der Waals surface area contributed by atoms with Crippen LogP contribution in [0.3, 0.4) is 0 Å². The SMILES string of the molecule is C1=CC2CCCCC(C1)N2. The molecule has 56 valence electrons. The molecule has 0 radical (unpaired) electrons. The fourth-order valence-corrected chi connectivity index (χ4v) is 1.97. The molecular formula is C9H15N. The van der Waals surface area contributed by atoms with Gasteiger partial charge >= 0.3 is 0 Å². The predicted molar refractivity (Wildman–Crippen MR) is 42.9 cm³/mol. The predicted octanol–water partition coefficient (Wildman–Crippen LogP) is 1.85. The molecule has 0 amide bonds. The second kappa shape index (κ2) is 2.75. The molecule has 0 aromatic rings. The van der Waals surface area contributed by atoms with Crippen LogP contribution in [0.4, 0.5) is 0 Å². The summed E-state index contributed by atoms with van der Waals surface area (Å²) >= 11 is 0. The molecule has 2 aliphatic rings. The first-order valence-electron chi connectivity index (χ1n) is 4.38. The third-order valence-corrected chi connectivity index (χ3v) is 2.56. The summed E-state index contributed by atoms with van der Waals surface area (Å²) in [6.45, 7) is 0. The van der Waals surface area contributed by atoms with Crippen LogP contribution in [-0.2, 0) is 0 Å². The lowest BCUT2D eigenvalue weighted by Crippen LogP contribution is -2.37. The van der Waals surface area contributed by atoms with E-state index in [0.717, 1.165) is 6.04 Å². The molecule has 2 aliphatic heterocycles. The summed E-state index contributed by atoms with van der Waals surface area (Å²) in [5.41, 5.74) is 0. The van der Waals surface area contributed by atoms with Crippen molar-refractivity contribution in [2.24, 2.45) is 0 Å². The summed E-state index contributed by atoms with van der Waals surface area (Å²) < 4.78 is 0. The highest BCUT2D eigenvalue weighted by Crippen LogP contribution is 2.19. The zero-order valence-corrected chi connectivity index (χ0v) is 6.34. The largest absolute Gasteiger partial charge is 0.307 e. The highest BCUT2D eigenvalue weighted by Gasteiger charge is 2.18. The van der Waals surface area contributed by atoms with Gasteiger partial charge in [0.15, 0.2) is 0 Å². The Kier molecular flexibility index (Phi) is 1.76. The van der Waals surface area contributed by atoms with Gasteiger partial charge < -0.3 is 5.32 Å². The standard InChI is InChI=1S/C9H15N/c1-2-5-9-7-3-6-8(4-1)10-9/h3,6,8-10H,1-2,4-5,7H2. The van der Waals surface area contributed by atoms with E-state index in [4.69, 9.17) is 0 Å². The summed E-state index contributed by atoms with van der Waals surface area (Å²) in [7, 11) is 0. The van der Waals surface area contributed by atoms with Crippen LogP contribution < -0.4 is 5.32 Å². The molecule has 2 rings (SSSR count). The number of hydrogen-bond donors (Lipinski definition) is 1. The van der Waals surface area contributed by atoms with Crippen molar-refractivity contribution < 1.29 is 0 Å². The zero-order valence-electron chi connectivity index (χ0n) is 6.34. The highest BCUT2D eigenvalue weighted by atomic mass is 15.0. The number of hydrogen-bond acceptors (Lipinski definition) is 1. The van der Waals surface area contributed by atoms with Crippen molar-refractivity contribution in [1.29, 1.82) is 0 Å². The Morgan fingerprint density at radius 3 is 3.10 bits per heavy atom. The van der Waals surface area contributed by atoms with E-state index in [1.165, 1.54) is 32.1 Å². The summed E-state index contributed by atoms with van der Waals surface area (Å²) in [5, 5.41) is 3.63. The number of nitrogens with one attached hydrogen (secondary N) is 1. The smallest absolute Gasteiger partial charge is 0.0252 e. The highest BCUT2D eigenvalue weighted by molar-refractivity contribution is 5.02. The van der Waals surface area contributed by atoms with E-state index in [9.17, 15) is 0 Å². The molecule has 2 heterocycles. The van der Waals surface area contributed by atoms with Crippen LogP contribution in [-0.4, -0.2) is 12.1 Å². The van der Waals surface area contributed by atoms with Crippen molar-refractivity contribution in [3.05, 3.63) is 12.2 Å². The molecule has 0 aliphatic carbocycles. The number of rotatable bonds is 0. The maximum Gasteiger partial charge on any atom is 0.0252 e. The molecule has 0 saturated carbocycles. The van der Waals surface area contributed by atoms with Gasteiger partial charge in [-0.3, -0.25) is 0 Å². The van der Waals surface area contributed by atoms with E-state index in [2.05, 4.69) is 17.5 Å². The van der Waals surface area contributed by atoms with E-state index < -0.39 is 0 Å². The molecule has 1 saturated heterocycles. The van der Waals surface area contributed by atoms with E-state index in [1.54, 1.807) is 0 Å². The van der Waals surface area contributed by atoms with Gasteiger partial charge in [-0.25, -0.2) is 0 Å². The monoisotopic (exact) mass is 137 g/mol. The van der Waals surface area contributed by atoms with Crippen LogP contribution in [0.1, 0.15) is 32.1 Å². The molecule has 2 unspecified atom stereocenters. The topological polar surface area (TPSA) is 12.0 Å². The van der Waals surface area contributed by atoms with Crippen LogP contribution in [0, 0.1) is 0 Å². The molecule has 2 atom stereocenters. The lowest BCUT2D eigenvalue weighted by molar-refractivity contribution is 0.456. The van der Waals surface area contributed by atoms with E-state index in [-0.39, 0.29) is 0 Å². The molecule has 0 aromatic carbocycles. The minimum absolute atomic E-state index is 0.709. The minimum Gasteiger partial charge on any atom is -0.307 e. The molecule has 10 heavy (non-hydrogen) atoms. The van der Waals surface area contributed by atoms with Crippen molar-refractivity contribution in [3.63, 3.8) is 0 Å². The van der Waals surface area contributed by atoms with Gasteiger partial charge in [-0.05, 0) is 19.3 Å². The van der Waals surface area contributed by atoms with Gasteiger partial charge in [0, 0.05) is 12.1 Å². The second-order valence-electron chi connectivity index (χ2n) is 3.42. The normalized spacial score (nSPS) is 39.2. The van der Waals surface area contributed by atoms with E-state index >= 15 is 0 Å². The van der Waals surface area contributed by atoms with Gasteiger partial charge in [-0.2, -0.15) is 0 Å². The Bertz CT molecular complexity index is 140. The van der Waals surface area contributed by atoms with Crippen LogP contribution in [0.5, 0.6) is 0 Å². The fraction of sp³-hybridized carbons (Fsp3) is 0.778. The molecule has 1 nitrogen and oxygen atoms in total. The van der Waals surface area contributed by atoms with Crippen LogP contribution in [0.15, 0.2) is 12.2 Å². The second-order valence-corrected chi connectivity index (χ2v) is 3.42. The lowest BCUT2D eigenvalue weighted by atomic mass is 10.1. The Morgan fingerprint density at radius 1 is 1.20 bits per heavy atom. The Balaban J connectivity index is 2.06. The fourth-order valence-electron chi connectivity index (χ4n) is 1.97. The average Bonchev–Trinajstić information content (AvgIpc) is 2.12. The Hall–Kier alpha value is -0.300. The lowest BCUT2D eigenvalue weighted by Gasteiger charge is -2.23. The maximum absolute atomic E-state index is 3.63. The van der Waals surface area contributed by atoms with Crippen molar-refractivity contribution in [1.82, 2.24) is 5.32 Å². The molecular weight excluding hydrogens is 122 g/mol. The minimum atomic E-state index is 0.709. The Labute approximate surface area is 62.5 Å². The summed E-state index contributed by atoms with van der Waals surface area (Å²) in [6.07, 6.45) is 11.5. The Morgan fingerprint density at radius 2 is 2.10 bits per heavy atom. The van der Waals surface area contributed by atoms with Gasteiger partial charge in [0.25, 0.3) is 0 Å². The molecule has 2 bridgehead atoms.